The smallest absolute Gasteiger partial charge is 0.241 e. The van der Waals surface area contributed by atoms with Crippen LogP contribution in [0.4, 0.5) is 0 Å². The van der Waals surface area contributed by atoms with E-state index < -0.39 is 0 Å². The van der Waals surface area contributed by atoms with E-state index in [0.717, 1.165) is 65.5 Å². The lowest BCUT2D eigenvalue weighted by molar-refractivity contribution is 0.112. The van der Waals surface area contributed by atoms with Gasteiger partial charge < -0.3 is 9.26 Å². The van der Waals surface area contributed by atoms with E-state index in [0.29, 0.717) is 18.3 Å². The first kappa shape index (κ1) is 20.9. The van der Waals surface area contributed by atoms with Crippen LogP contribution in [0, 0.1) is 0 Å². The van der Waals surface area contributed by atoms with Gasteiger partial charge in [0, 0.05) is 60.5 Å². The van der Waals surface area contributed by atoms with Crippen LogP contribution in [-0.4, -0.2) is 58.2 Å². The molecular weight excluding hydrogens is 426 g/mol. The van der Waals surface area contributed by atoms with Gasteiger partial charge in [-0.05, 0) is 36.4 Å². The van der Waals surface area contributed by atoms with Crippen LogP contribution < -0.4 is 4.74 Å². The molecular formula is C24H24ClN5O2. The maximum atomic E-state index is 6.52. The molecule has 0 aliphatic carbocycles. The number of halogens is 1. The van der Waals surface area contributed by atoms with Gasteiger partial charge in [0.15, 0.2) is 0 Å². The second kappa shape index (κ2) is 9.24. The summed E-state index contributed by atoms with van der Waals surface area (Å²) in [4.78, 5) is 13.9. The molecule has 0 N–H and O–H groups in total. The number of piperazine rings is 1. The quantitative estimate of drug-likeness (QED) is 0.435. The summed E-state index contributed by atoms with van der Waals surface area (Å²) in [6, 6.07) is 15.7. The molecule has 0 radical (unpaired) electrons. The minimum atomic E-state index is 0.597. The SMILES string of the molecule is COc1ccc(-c2noc(CN3CCN(Cc4c(Cl)ccc5cccnc45)CC3)n2)cc1. The molecule has 1 fully saturated rings. The van der Waals surface area contributed by atoms with Crippen molar-refractivity contribution < 1.29 is 9.26 Å². The fraction of sp³-hybridized carbons (Fsp3) is 0.292. The van der Waals surface area contributed by atoms with Crippen LogP contribution in [0.5, 0.6) is 5.75 Å². The standard InChI is InChI=1S/C24H24ClN5O2/c1-31-19-7-4-18(5-8-19)24-27-22(32-28-24)16-30-13-11-29(12-14-30)15-20-21(25)9-6-17-3-2-10-26-23(17)20/h2-10H,11-16H2,1H3. The molecule has 164 valence electrons. The number of methoxy groups -OCH3 is 1. The highest BCUT2D eigenvalue weighted by molar-refractivity contribution is 6.32. The molecule has 8 heteroatoms. The third kappa shape index (κ3) is 4.46. The fourth-order valence-corrected chi connectivity index (χ4v) is 4.24. The minimum absolute atomic E-state index is 0.597. The first-order chi connectivity index (χ1) is 15.7. The molecule has 1 aliphatic heterocycles. The first-order valence-corrected chi connectivity index (χ1v) is 11.0. The van der Waals surface area contributed by atoms with Gasteiger partial charge in [-0.3, -0.25) is 14.8 Å². The predicted molar refractivity (Wildman–Crippen MR) is 124 cm³/mol. The van der Waals surface area contributed by atoms with E-state index in [1.54, 1.807) is 7.11 Å². The maximum Gasteiger partial charge on any atom is 0.241 e. The predicted octanol–water partition coefficient (Wildman–Crippen LogP) is 4.26. The maximum absolute atomic E-state index is 6.52. The first-order valence-electron chi connectivity index (χ1n) is 10.6. The summed E-state index contributed by atoms with van der Waals surface area (Å²) < 4.78 is 10.7. The van der Waals surface area contributed by atoms with E-state index in [4.69, 9.17) is 20.9 Å². The van der Waals surface area contributed by atoms with Crippen molar-refractivity contribution in [2.24, 2.45) is 0 Å². The zero-order valence-corrected chi connectivity index (χ0v) is 18.6. The summed E-state index contributed by atoms with van der Waals surface area (Å²) >= 11 is 6.52. The van der Waals surface area contributed by atoms with Gasteiger partial charge in [0.2, 0.25) is 11.7 Å². The van der Waals surface area contributed by atoms with Crippen molar-refractivity contribution in [3.63, 3.8) is 0 Å². The molecule has 1 saturated heterocycles. The van der Waals surface area contributed by atoms with Crippen molar-refractivity contribution in [2.45, 2.75) is 13.1 Å². The monoisotopic (exact) mass is 449 g/mol. The molecule has 0 atom stereocenters. The average Bonchev–Trinajstić information content (AvgIpc) is 3.30. The number of ether oxygens (including phenoxy) is 1. The second-order valence-electron chi connectivity index (χ2n) is 7.89. The van der Waals surface area contributed by atoms with E-state index in [1.165, 1.54) is 0 Å². The second-order valence-corrected chi connectivity index (χ2v) is 8.30. The summed E-state index contributed by atoms with van der Waals surface area (Å²) in [7, 11) is 1.65. The molecule has 0 unspecified atom stereocenters. The van der Waals surface area contributed by atoms with Gasteiger partial charge in [0.1, 0.15) is 5.75 Å². The number of hydrogen-bond donors (Lipinski definition) is 0. The Labute approximate surface area is 191 Å². The molecule has 0 spiro atoms. The van der Waals surface area contributed by atoms with E-state index in [1.807, 2.05) is 48.7 Å². The third-order valence-electron chi connectivity index (χ3n) is 5.84. The molecule has 0 saturated carbocycles. The van der Waals surface area contributed by atoms with Crippen molar-refractivity contribution in [3.8, 4) is 17.1 Å². The fourth-order valence-electron chi connectivity index (χ4n) is 4.03. The molecule has 0 amide bonds. The number of rotatable bonds is 6. The van der Waals surface area contributed by atoms with Gasteiger partial charge in [-0.1, -0.05) is 28.9 Å². The summed E-state index contributed by atoms with van der Waals surface area (Å²) in [6.07, 6.45) is 1.82. The normalized spacial score (nSPS) is 15.3. The minimum Gasteiger partial charge on any atom is -0.497 e. The molecule has 32 heavy (non-hydrogen) atoms. The topological polar surface area (TPSA) is 67.5 Å². The van der Waals surface area contributed by atoms with Crippen LogP contribution in [0.2, 0.25) is 5.02 Å². The lowest BCUT2D eigenvalue weighted by Gasteiger charge is -2.34. The lowest BCUT2D eigenvalue weighted by atomic mass is 10.1. The Morgan fingerprint density at radius 1 is 0.969 bits per heavy atom. The van der Waals surface area contributed by atoms with Crippen LogP contribution in [0.25, 0.3) is 22.3 Å². The van der Waals surface area contributed by atoms with Crippen molar-refractivity contribution in [2.75, 3.05) is 33.3 Å². The number of benzene rings is 2. The van der Waals surface area contributed by atoms with E-state index in [-0.39, 0.29) is 0 Å². The number of nitrogens with zero attached hydrogens (tertiary/aromatic N) is 5. The van der Waals surface area contributed by atoms with E-state index in [2.05, 4.69) is 31.0 Å². The highest BCUT2D eigenvalue weighted by Crippen LogP contribution is 2.26. The van der Waals surface area contributed by atoms with E-state index >= 15 is 0 Å². The van der Waals surface area contributed by atoms with Crippen molar-refractivity contribution in [3.05, 3.63) is 71.2 Å². The Hall–Kier alpha value is -3.00. The van der Waals surface area contributed by atoms with Gasteiger partial charge in [-0.25, -0.2) is 0 Å². The summed E-state index contributed by atoms with van der Waals surface area (Å²) in [5.74, 6) is 2.03. The molecule has 3 heterocycles. The van der Waals surface area contributed by atoms with Crippen molar-refractivity contribution in [1.29, 1.82) is 0 Å². The zero-order chi connectivity index (χ0) is 21.9. The largest absolute Gasteiger partial charge is 0.497 e. The molecule has 2 aromatic carbocycles. The van der Waals surface area contributed by atoms with Crippen LogP contribution in [-0.2, 0) is 13.1 Å². The van der Waals surface area contributed by atoms with E-state index in [9.17, 15) is 0 Å². The molecule has 0 bridgehead atoms. The Morgan fingerprint density at radius 3 is 2.47 bits per heavy atom. The highest BCUT2D eigenvalue weighted by Gasteiger charge is 2.21. The number of hydrogen-bond acceptors (Lipinski definition) is 7. The van der Waals surface area contributed by atoms with Crippen LogP contribution in [0.3, 0.4) is 0 Å². The summed E-state index contributed by atoms with van der Waals surface area (Å²) in [6.45, 7) is 5.18. The van der Waals surface area contributed by atoms with Crippen LogP contribution >= 0.6 is 11.6 Å². The Kier molecular flexibility index (Phi) is 6.03. The molecule has 7 nitrogen and oxygen atoms in total. The Balaban J connectivity index is 1.19. The Morgan fingerprint density at radius 2 is 1.72 bits per heavy atom. The van der Waals surface area contributed by atoms with Gasteiger partial charge in [0.05, 0.1) is 19.2 Å². The van der Waals surface area contributed by atoms with Crippen molar-refractivity contribution in [1.82, 2.24) is 24.9 Å². The van der Waals surface area contributed by atoms with Gasteiger partial charge in [-0.15, -0.1) is 0 Å². The average molecular weight is 450 g/mol. The van der Waals surface area contributed by atoms with Gasteiger partial charge in [-0.2, -0.15) is 4.98 Å². The Bertz CT molecular complexity index is 1200. The summed E-state index contributed by atoms with van der Waals surface area (Å²) in [5, 5.41) is 6.02. The highest BCUT2D eigenvalue weighted by atomic mass is 35.5. The van der Waals surface area contributed by atoms with Gasteiger partial charge >= 0.3 is 0 Å². The van der Waals surface area contributed by atoms with Crippen molar-refractivity contribution >= 4 is 22.5 Å². The number of aromatic nitrogens is 3. The van der Waals surface area contributed by atoms with Crippen LogP contribution in [0.15, 0.2) is 59.3 Å². The molecule has 5 rings (SSSR count). The lowest BCUT2D eigenvalue weighted by Crippen LogP contribution is -2.45. The van der Waals surface area contributed by atoms with Crippen LogP contribution in [0.1, 0.15) is 11.5 Å². The number of pyridine rings is 1. The van der Waals surface area contributed by atoms with Gasteiger partial charge in [0.25, 0.3) is 0 Å². The molecule has 2 aromatic heterocycles. The number of fused-ring (bicyclic) bond motifs is 1. The summed E-state index contributed by atoms with van der Waals surface area (Å²) in [5.41, 5.74) is 2.99. The zero-order valence-electron chi connectivity index (χ0n) is 17.9. The molecule has 1 aliphatic rings. The molecule has 4 aromatic rings. The third-order valence-corrected chi connectivity index (χ3v) is 6.20.